The summed E-state index contributed by atoms with van der Waals surface area (Å²) in [5.41, 5.74) is 0. The van der Waals surface area contributed by atoms with Gasteiger partial charge >= 0.3 is 0 Å². The van der Waals surface area contributed by atoms with Crippen molar-refractivity contribution in [1.82, 2.24) is 10.3 Å². The van der Waals surface area contributed by atoms with Crippen molar-refractivity contribution < 1.29 is 4.74 Å². The molecule has 0 bridgehead atoms. The second kappa shape index (κ2) is 4.49. The highest BCUT2D eigenvalue weighted by Crippen LogP contribution is 2.20. The number of aromatic nitrogens is 1. The number of rotatable bonds is 4. The van der Waals surface area contributed by atoms with Crippen LogP contribution in [0.15, 0.2) is 18.3 Å². The van der Waals surface area contributed by atoms with Gasteiger partial charge in [0, 0.05) is 19.1 Å². The smallest absolute Gasteiger partial charge is 0.137 e. The summed E-state index contributed by atoms with van der Waals surface area (Å²) in [6.45, 7) is 4.74. The first-order chi connectivity index (χ1) is 7.33. The van der Waals surface area contributed by atoms with Crippen molar-refractivity contribution in [3.63, 3.8) is 0 Å². The largest absolute Gasteiger partial charge is 0.492 e. The second-order valence-corrected chi connectivity index (χ2v) is 3.68. The molecule has 0 radical (unpaired) electrons. The Kier molecular flexibility index (Phi) is 3.06. The molecule has 0 spiro atoms. The first-order valence-electron chi connectivity index (χ1n) is 5.34. The molecule has 0 aliphatic carbocycles. The summed E-state index contributed by atoms with van der Waals surface area (Å²) in [5.74, 6) is 1.87. The Morgan fingerprint density at radius 3 is 2.87 bits per heavy atom. The van der Waals surface area contributed by atoms with E-state index < -0.39 is 0 Å². The van der Waals surface area contributed by atoms with Gasteiger partial charge in [-0.2, -0.15) is 0 Å². The van der Waals surface area contributed by atoms with Gasteiger partial charge < -0.3 is 15.0 Å². The standard InChI is InChI=1S/C11H17N3O/c1-3-15-10-4-5-11(13-6-10)14-7-9(8-14)12-2/h4-6,9,12H,3,7-8H2,1-2H3. The van der Waals surface area contributed by atoms with Crippen molar-refractivity contribution in [2.24, 2.45) is 0 Å². The predicted octanol–water partition coefficient (Wildman–Crippen LogP) is 0.888. The van der Waals surface area contributed by atoms with E-state index in [9.17, 15) is 0 Å². The minimum absolute atomic E-state index is 0.610. The van der Waals surface area contributed by atoms with Crippen LogP contribution in [0.4, 0.5) is 5.82 Å². The van der Waals surface area contributed by atoms with Crippen LogP contribution < -0.4 is 15.0 Å². The van der Waals surface area contributed by atoms with Gasteiger partial charge in [0.15, 0.2) is 0 Å². The lowest BCUT2D eigenvalue weighted by atomic mass is 10.1. The van der Waals surface area contributed by atoms with Crippen molar-refractivity contribution in [2.45, 2.75) is 13.0 Å². The molecule has 1 N–H and O–H groups in total. The molecule has 1 aromatic rings. The molecule has 1 aromatic heterocycles. The minimum Gasteiger partial charge on any atom is -0.492 e. The summed E-state index contributed by atoms with van der Waals surface area (Å²) in [6.07, 6.45) is 1.78. The van der Waals surface area contributed by atoms with Gasteiger partial charge in [-0.05, 0) is 26.1 Å². The lowest BCUT2D eigenvalue weighted by Gasteiger charge is -2.39. The van der Waals surface area contributed by atoms with E-state index in [1.807, 2.05) is 26.1 Å². The summed E-state index contributed by atoms with van der Waals surface area (Å²) >= 11 is 0. The number of nitrogens with one attached hydrogen (secondary N) is 1. The molecule has 0 unspecified atom stereocenters. The van der Waals surface area contributed by atoms with Gasteiger partial charge in [0.25, 0.3) is 0 Å². The summed E-state index contributed by atoms with van der Waals surface area (Å²) in [4.78, 5) is 6.61. The van der Waals surface area contributed by atoms with Crippen LogP contribution in [0.5, 0.6) is 5.75 Å². The lowest BCUT2D eigenvalue weighted by molar-refractivity contribution is 0.338. The molecule has 1 aliphatic heterocycles. The van der Waals surface area contributed by atoms with Crippen LogP contribution in [0.1, 0.15) is 6.92 Å². The van der Waals surface area contributed by atoms with Crippen molar-refractivity contribution in [2.75, 3.05) is 31.6 Å². The number of hydrogen-bond donors (Lipinski definition) is 1. The van der Waals surface area contributed by atoms with Crippen LogP contribution in [-0.2, 0) is 0 Å². The molecule has 2 rings (SSSR count). The molecular formula is C11H17N3O. The van der Waals surface area contributed by atoms with E-state index in [0.717, 1.165) is 24.7 Å². The first kappa shape index (κ1) is 10.2. The fourth-order valence-corrected chi connectivity index (χ4v) is 1.66. The zero-order valence-electron chi connectivity index (χ0n) is 9.23. The van der Waals surface area contributed by atoms with Crippen LogP contribution in [-0.4, -0.2) is 37.8 Å². The molecule has 1 saturated heterocycles. The average Bonchev–Trinajstić information content (AvgIpc) is 2.19. The summed E-state index contributed by atoms with van der Waals surface area (Å²) in [7, 11) is 1.99. The highest BCUT2D eigenvalue weighted by atomic mass is 16.5. The summed E-state index contributed by atoms with van der Waals surface area (Å²) < 4.78 is 5.34. The van der Waals surface area contributed by atoms with Gasteiger partial charge in [0.2, 0.25) is 0 Å². The normalized spacial score (nSPS) is 16.3. The molecule has 4 nitrogen and oxygen atoms in total. The predicted molar refractivity (Wildman–Crippen MR) is 60.5 cm³/mol. The van der Waals surface area contributed by atoms with Gasteiger partial charge in [-0.3, -0.25) is 0 Å². The van der Waals surface area contributed by atoms with Crippen LogP contribution in [0.3, 0.4) is 0 Å². The van der Waals surface area contributed by atoms with Crippen LogP contribution in [0.25, 0.3) is 0 Å². The monoisotopic (exact) mass is 207 g/mol. The third kappa shape index (κ3) is 2.21. The van der Waals surface area contributed by atoms with E-state index in [4.69, 9.17) is 4.74 Å². The van der Waals surface area contributed by atoms with Gasteiger partial charge in [-0.15, -0.1) is 0 Å². The third-order valence-corrected chi connectivity index (χ3v) is 2.65. The Labute approximate surface area is 90.3 Å². The molecular weight excluding hydrogens is 190 g/mol. The van der Waals surface area contributed by atoms with Gasteiger partial charge in [0.1, 0.15) is 11.6 Å². The molecule has 4 heteroatoms. The molecule has 0 saturated carbocycles. The van der Waals surface area contributed by atoms with E-state index in [-0.39, 0.29) is 0 Å². The van der Waals surface area contributed by atoms with E-state index >= 15 is 0 Å². The fraction of sp³-hybridized carbons (Fsp3) is 0.545. The molecule has 0 atom stereocenters. The highest BCUT2D eigenvalue weighted by Gasteiger charge is 2.25. The van der Waals surface area contributed by atoms with E-state index in [0.29, 0.717) is 12.6 Å². The van der Waals surface area contributed by atoms with Crippen molar-refractivity contribution in [3.05, 3.63) is 18.3 Å². The molecule has 0 aromatic carbocycles. The quantitative estimate of drug-likeness (QED) is 0.795. The summed E-state index contributed by atoms with van der Waals surface area (Å²) in [6, 6.07) is 4.59. The van der Waals surface area contributed by atoms with Crippen LogP contribution in [0.2, 0.25) is 0 Å². The SMILES string of the molecule is CCOc1ccc(N2CC(NC)C2)nc1. The zero-order valence-corrected chi connectivity index (χ0v) is 9.23. The molecule has 15 heavy (non-hydrogen) atoms. The maximum Gasteiger partial charge on any atom is 0.137 e. The Bertz CT molecular complexity index is 306. The summed E-state index contributed by atoms with van der Waals surface area (Å²) in [5, 5.41) is 3.24. The van der Waals surface area contributed by atoms with E-state index in [1.165, 1.54) is 0 Å². The van der Waals surface area contributed by atoms with Crippen LogP contribution in [0, 0.1) is 0 Å². The number of hydrogen-bond acceptors (Lipinski definition) is 4. The maximum absolute atomic E-state index is 5.34. The number of anilines is 1. The molecule has 0 amide bonds. The van der Waals surface area contributed by atoms with E-state index in [2.05, 4.69) is 15.2 Å². The number of ether oxygens (including phenoxy) is 1. The van der Waals surface area contributed by atoms with Gasteiger partial charge in [-0.1, -0.05) is 0 Å². The number of likely N-dealkylation sites (N-methyl/N-ethyl adjacent to an activating group) is 1. The van der Waals surface area contributed by atoms with E-state index in [1.54, 1.807) is 6.20 Å². The third-order valence-electron chi connectivity index (χ3n) is 2.65. The topological polar surface area (TPSA) is 37.4 Å². The number of nitrogens with zero attached hydrogens (tertiary/aromatic N) is 2. The van der Waals surface area contributed by atoms with Crippen molar-refractivity contribution in [1.29, 1.82) is 0 Å². The average molecular weight is 207 g/mol. The maximum atomic E-state index is 5.34. The van der Waals surface area contributed by atoms with Crippen molar-refractivity contribution in [3.8, 4) is 5.75 Å². The second-order valence-electron chi connectivity index (χ2n) is 3.68. The Balaban J connectivity index is 1.93. The van der Waals surface area contributed by atoms with Gasteiger partial charge in [-0.25, -0.2) is 4.98 Å². The fourth-order valence-electron chi connectivity index (χ4n) is 1.66. The molecule has 1 aliphatic rings. The van der Waals surface area contributed by atoms with Crippen molar-refractivity contribution >= 4 is 5.82 Å². The Morgan fingerprint density at radius 1 is 1.53 bits per heavy atom. The zero-order chi connectivity index (χ0) is 10.7. The molecule has 2 heterocycles. The van der Waals surface area contributed by atoms with Gasteiger partial charge in [0.05, 0.1) is 12.8 Å². The molecule has 82 valence electrons. The van der Waals surface area contributed by atoms with Crippen LogP contribution >= 0.6 is 0 Å². The Morgan fingerprint density at radius 2 is 2.33 bits per heavy atom. The number of pyridine rings is 1. The Hall–Kier alpha value is -1.29. The minimum atomic E-state index is 0.610. The lowest BCUT2D eigenvalue weighted by Crippen LogP contribution is -2.57. The highest BCUT2D eigenvalue weighted by molar-refractivity contribution is 5.44. The first-order valence-corrected chi connectivity index (χ1v) is 5.34. The molecule has 1 fully saturated rings.